The number of aryl methyl sites for hydroxylation is 4. The number of amides is 1. The molecule has 0 radical (unpaired) electrons. The Morgan fingerprint density at radius 3 is 2.08 bits per heavy atom. The Morgan fingerprint density at radius 1 is 1.00 bits per heavy atom. The van der Waals surface area contributed by atoms with Gasteiger partial charge in [-0.25, -0.2) is 8.42 Å². The molecule has 26 heavy (non-hydrogen) atoms. The first-order valence-corrected chi connectivity index (χ1v) is 9.95. The fourth-order valence-corrected chi connectivity index (χ4v) is 5.30. The minimum atomic E-state index is -3.59. The molecular weight excluding hydrogens is 354 g/mol. The average Bonchev–Trinajstić information content (AvgIpc) is 2.99. The van der Waals surface area contributed by atoms with Crippen LogP contribution in [0.15, 0.2) is 27.6 Å². The molecule has 1 fully saturated rings. The van der Waals surface area contributed by atoms with Gasteiger partial charge in [0.2, 0.25) is 10.0 Å². The maximum Gasteiger partial charge on any atom is 0.276 e. The Kier molecular flexibility index (Phi) is 4.90. The van der Waals surface area contributed by atoms with Gasteiger partial charge >= 0.3 is 0 Å². The van der Waals surface area contributed by atoms with Gasteiger partial charge < -0.3 is 9.42 Å². The lowest BCUT2D eigenvalue weighted by atomic mass is 10.1. The third-order valence-corrected chi connectivity index (χ3v) is 6.78. The number of benzene rings is 1. The highest BCUT2D eigenvalue weighted by Gasteiger charge is 2.33. The Hall–Kier alpha value is -2.19. The fourth-order valence-electron chi connectivity index (χ4n) is 3.46. The first-order valence-electron chi connectivity index (χ1n) is 8.51. The number of hydrogen-bond donors (Lipinski definition) is 0. The van der Waals surface area contributed by atoms with E-state index in [0.717, 1.165) is 16.7 Å². The van der Waals surface area contributed by atoms with Gasteiger partial charge in [0.25, 0.3) is 5.91 Å². The fraction of sp³-hybridized carbons (Fsp3) is 0.444. The van der Waals surface area contributed by atoms with Gasteiger partial charge in [-0.2, -0.15) is 4.31 Å². The van der Waals surface area contributed by atoms with Crippen LogP contribution in [0.2, 0.25) is 0 Å². The van der Waals surface area contributed by atoms with E-state index in [2.05, 4.69) is 5.16 Å². The van der Waals surface area contributed by atoms with Crippen LogP contribution in [0.4, 0.5) is 0 Å². The van der Waals surface area contributed by atoms with Gasteiger partial charge in [-0.3, -0.25) is 4.79 Å². The summed E-state index contributed by atoms with van der Waals surface area (Å²) >= 11 is 0. The molecule has 1 saturated heterocycles. The molecular formula is C18H23N3O4S. The second kappa shape index (κ2) is 6.85. The van der Waals surface area contributed by atoms with E-state index in [1.54, 1.807) is 17.9 Å². The van der Waals surface area contributed by atoms with E-state index in [4.69, 9.17) is 4.52 Å². The lowest BCUT2D eigenvalue weighted by Crippen LogP contribution is -2.50. The monoisotopic (exact) mass is 377 g/mol. The van der Waals surface area contributed by atoms with Gasteiger partial charge in [-0.05, 0) is 38.8 Å². The molecule has 0 N–H and O–H groups in total. The predicted molar refractivity (Wildman–Crippen MR) is 96.6 cm³/mol. The van der Waals surface area contributed by atoms with Crippen molar-refractivity contribution in [3.8, 4) is 0 Å². The number of nitrogens with zero attached hydrogens (tertiary/aromatic N) is 3. The van der Waals surface area contributed by atoms with Crippen molar-refractivity contribution >= 4 is 15.9 Å². The summed E-state index contributed by atoms with van der Waals surface area (Å²) in [4.78, 5) is 14.4. The van der Waals surface area contributed by atoms with Crippen LogP contribution >= 0.6 is 0 Å². The zero-order valence-corrected chi connectivity index (χ0v) is 16.3. The quantitative estimate of drug-likeness (QED) is 0.817. The summed E-state index contributed by atoms with van der Waals surface area (Å²) in [7, 11) is -3.59. The Balaban J connectivity index is 1.76. The highest BCUT2D eigenvalue weighted by Crippen LogP contribution is 2.26. The number of aromatic nitrogens is 1. The molecule has 2 heterocycles. The van der Waals surface area contributed by atoms with E-state index in [1.807, 2.05) is 32.9 Å². The first kappa shape index (κ1) is 18.6. The highest BCUT2D eigenvalue weighted by atomic mass is 32.2. The molecule has 1 aliphatic rings. The SMILES string of the molecule is Cc1cc(C)c(S(=O)(=O)N2CCN(C(=O)c3cc(C)on3)CC2)c(C)c1. The van der Waals surface area contributed by atoms with Gasteiger partial charge in [0, 0.05) is 32.2 Å². The summed E-state index contributed by atoms with van der Waals surface area (Å²) in [5.74, 6) is 0.335. The number of rotatable bonds is 3. The van der Waals surface area contributed by atoms with Crippen LogP contribution in [-0.4, -0.2) is 54.9 Å². The Bertz CT molecular complexity index is 918. The number of hydrogen-bond acceptors (Lipinski definition) is 5. The second-order valence-corrected chi connectivity index (χ2v) is 8.62. The molecule has 0 spiro atoms. The smallest absolute Gasteiger partial charge is 0.276 e. The van der Waals surface area contributed by atoms with Crippen LogP contribution in [0.5, 0.6) is 0 Å². The first-order chi connectivity index (χ1) is 12.2. The van der Waals surface area contributed by atoms with E-state index in [9.17, 15) is 13.2 Å². The van der Waals surface area contributed by atoms with Crippen molar-refractivity contribution in [2.75, 3.05) is 26.2 Å². The van der Waals surface area contributed by atoms with Crippen molar-refractivity contribution in [2.45, 2.75) is 32.6 Å². The molecule has 1 aromatic heterocycles. The van der Waals surface area contributed by atoms with Gasteiger partial charge in [-0.1, -0.05) is 22.9 Å². The van der Waals surface area contributed by atoms with E-state index >= 15 is 0 Å². The number of sulfonamides is 1. The standard InChI is InChI=1S/C18H23N3O4S/c1-12-9-13(2)17(14(3)10-12)26(23,24)21-7-5-20(6-8-21)18(22)16-11-15(4)25-19-16/h9-11H,5-8H2,1-4H3. The minimum absolute atomic E-state index is 0.235. The van der Waals surface area contributed by atoms with Crippen LogP contribution in [-0.2, 0) is 10.0 Å². The number of carbonyl (C=O) groups excluding carboxylic acids is 1. The number of piperazine rings is 1. The Labute approximate surface area is 153 Å². The third-order valence-electron chi connectivity index (χ3n) is 4.58. The molecule has 1 aromatic carbocycles. The molecule has 0 atom stereocenters. The lowest BCUT2D eigenvalue weighted by molar-refractivity contribution is 0.0687. The van der Waals surface area contributed by atoms with Crippen molar-refractivity contribution < 1.29 is 17.7 Å². The van der Waals surface area contributed by atoms with E-state index in [-0.39, 0.29) is 24.7 Å². The van der Waals surface area contributed by atoms with Crippen LogP contribution < -0.4 is 0 Å². The van der Waals surface area contributed by atoms with Crippen LogP contribution in [0.1, 0.15) is 32.9 Å². The van der Waals surface area contributed by atoms with Crippen molar-refractivity contribution in [1.82, 2.24) is 14.4 Å². The molecule has 0 bridgehead atoms. The van der Waals surface area contributed by atoms with Gasteiger partial charge in [0.1, 0.15) is 5.76 Å². The largest absolute Gasteiger partial charge is 0.361 e. The van der Waals surface area contributed by atoms with Crippen LogP contribution in [0.3, 0.4) is 0 Å². The van der Waals surface area contributed by atoms with Crippen molar-refractivity contribution in [3.63, 3.8) is 0 Å². The molecule has 140 valence electrons. The minimum Gasteiger partial charge on any atom is -0.361 e. The molecule has 7 nitrogen and oxygen atoms in total. The lowest BCUT2D eigenvalue weighted by Gasteiger charge is -2.34. The van der Waals surface area contributed by atoms with Gasteiger partial charge in [-0.15, -0.1) is 0 Å². The molecule has 2 aromatic rings. The van der Waals surface area contributed by atoms with Gasteiger partial charge in [0.05, 0.1) is 4.90 Å². The summed E-state index contributed by atoms with van der Waals surface area (Å²) < 4.78 is 32.6. The molecule has 0 aliphatic carbocycles. The summed E-state index contributed by atoms with van der Waals surface area (Å²) in [6, 6.07) is 5.35. The maximum atomic E-state index is 13.1. The van der Waals surface area contributed by atoms with Crippen LogP contribution in [0, 0.1) is 27.7 Å². The Morgan fingerprint density at radius 2 is 1.58 bits per heavy atom. The molecule has 0 unspecified atom stereocenters. The van der Waals surface area contributed by atoms with E-state index in [1.165, 1.54) is 4.31 Å². The normalized spacial score (nSPS) is 16.1. The molecule has 3 rings (SSSR count). The topological polar surface area (TPSA) is 83.7 Å². The summed E-state index contributed by atoms with van der Waals surface area (Å²) in [5, 5.41) is 3.74. The van der Waals surface area contributed by atoms with E-state index < -0.39 is 10.0 Å². The second-order valence-electron chi connectivity index (χ2n) is 6.75. The zero-order valence-electron chi connectivity index (χ0n) is 15.4. The maximum absolute atomic E-state index is 13.1. The predicted octanol–water partition coefficient (Wildman–Crippen LogP) is 2.05. The van der Waals surface area contributed by atoms with Crippen molar-refractivity contribution in [3.05, 3.63) is 46.3 Å². The highest BCUT2D eigenvalue weighted by molar-refractivity contribution is 7.89. The molecule has 0 saturated carbocycles. The summed E-state index contributed by atoms with van der Waals surface area (Å²) in [6.45, 7) is 8.49. The third kappa shape index (κ3) is 3.39. The average molecular weight is 377 g/mol. The molecule has 8 heteroatoms. The molecule has 1 amide bonds. The number of carbonyl (C=O) groups is 1. The van der Waals surface area contributed by atoms with Crippen molar-refractivity contribution in [2.24, 2.45) is 0 Å². The summed E-state index contributed by atoms with van der Waals surface area (Å²) in [5.41, 5.74) is 2.79. The van der Waals surface area contributed by atoms with Crippen LogP contribution in [0.25, 0.3) is 0 Å². The van der Waals surface area contributed by atoms with E-state index in [0.29, 0.717) is 23.7 Å². The zero-order chi connectivity index (χ0) is 19.1. The van der Waals surface area contributed by atoms with Gasteiger partial charge in [0.15, 0.2) is 5.69 Å². The summed E-state index contributed by atoms with van der Waals surface area (Å²) in [6.07, 6.45) is 0. The molecule has 1 aliphatic heterocycles. The van der Waals surface area contributed by atoms with Crippen molar-refractivity contribution in [1.29, 1.82) is 0 Å².